The van der Waals surface area contributed by atoms with Gasteiger partial charge in [0.05, 0.1) is 17.6 Å². The van der Waals surface area contributed by atoms with Gasteiger partial charge in [-0.1, -0.05) is 54.6 Å². The molecule has 4 rings (SSSR count). The summed E-state index contributed by atoms with van der Waals surface area (Å²) in [6, 6.07) is 26.0. The van der Waals surface area contributed by atoms with Gasteiger partial charge in [0.25, 0.3) is 0 Å². The quantitative estimate of drug-likeness (QED) is 0.510. The average molecular weight is 358 g/mol. The number of aryl methyl sites for hydroxylation is 1. The van der Waals surface area contributed by atoms with Crippen molar-refractivity contribution < 1.29 is 4.74 Å². The highest BCUT2D eigenvalue weighted by Crippen LogP contribution is 2.17. The SMILES string of the molecule is CCn1c(=O)n(Cc2ccc(OCc3ccccc3)cc2)c2ccccc21. The summed E-state index contributed by atoms with van der Waals surface area (Å²) in [6.07, 6.45) is 0. The van der Waals surface area contributed by atoms with E-state index in [0.717, 1.165) is 27.9 Å². The summed E-state index contributed by atoms with van der Waals surface area (Å²) < 4.78 is 9.48. The number of para-hydroxylation sites is 2. The molecule has 4 heteroatoms. The van der Waals surface area contributed by atoms with Gasteiger partial charge in [0, 0.05) is 6.54 Å². The minimum Gasteiger partial charge on any atom is -0.489 e. The third kappa shape index (κ3) is 3.51. The second-order valence-electron chi connectivity index (χ2n) is 6.52. The average Bonchev–Trinajstić information content (AvgIpc) is 2.99. The monoisotopic (exact) mass is 358 g/mol. The molecule has 0 saturated carbocycles. The number of hydrogen-bond donors (Lipinski definition) is 0. The standard InChI is InChI=1S/C23H22N2O2/c1-2-24-21-10-6-7-11-22(21)25(23(24)26)16-18-12-14-20(15-13-18)27-17-19-8-4-3-5-9-19/h3-15H,2,16-17H2,1H3. The highest BCUT2D eigenvalue weighted by molar-refractivity contribution is 5.76. The van der Waals surface area contributed by atoms with Gasteiger partial charge >= 0.3 is 5.69 Å². The fraction of sp³-hybridized carbons (Fsp3) is 0.174. The number of nitrogens with zero attached hydrogens (tertiary/aromatic N) is 2. The highest BCUT2D eigenvalue weighted by Gasteiger charge is 2.11. The van der Waals surface area contributed by atoms with Crippen LogP contribution in [0.2, 0.25) is 0 Å². The van der Waals surface area contributed by atoms with Crippen molar-refractivity contribution in [3.8, 4) is 5.75 Å². The summed E-state index contributed by atoms with van der Waals surface area (Å²) >= 11 is 0. The van der Waals surface area contributed by atoms with Crippen molar-refractivity contribution in [2.75, 3.05) is 0 Å². The molecular weight excluding hydrogens is 336 g/mol. The largest absolute Gasteiger partial charge is 0.489 e. The molecule has 3 aromatic carbocycles. The summed E-state index contributed by atoms with van der Waals surface area (Å²) in [5, 5.41) is 0. The Kier molecular flexibility index (Phi) is 4.79. The molecule has 4 nitrogen and oxygen atoms in total. The second-order valence-corrected chi connectivity index (χ2v) is 6.52. The van der Waals surface area contributed by atoms with Crippen molar-refractivity contribution in [2.24, 2.45) is 0 Å². The number of benzene rings is 3. The maximum absolute atomic E-state index is 12.8. The van der Waals surface area contributed by atoms with Crippen LogP contribution in [0.4, 0.5) is 0 Å². The smallest absolute Gasteiger partial charge is 0.329 e. The molecule has 0 spiro atoms. The molecule has 0 fully saturated rings. The molecule has 0 bridgehead atoms. The van der Waals surface area contributed by atoms with Crippen LogP contribution in [0.25, 0.3) is 11.0 Å². The van der Waals surface area contributed by atoms with Crippen LogP contribution in [0.1, 0.15) is 18.1 Å². The van der Waals surface area contributed by atoms with Crippen LogP contribution < -0.4 is 10.4 Å². The third-order valence-electron chi connectivity index (χ3n) is 4.75. The van der Waals surface area contributed by atoms with Gasteiger partial charge in [-0.15, -0.1) is 0 Å². The zero-order valence-electron chi connectivity index (χ0n) is 15.3. The lowest BCUT2D eigenvalue weighted by Crippen LogP contribution is -2.24. The van der Waals surface area contributed by atoms with Crippen LogP contribution in [0.5, 0.6) is 5.75 Å². The molecule has 1 aromatic heterocycles. The fourth-order valence-electron chi connectivity index (χ4n) is 3.35. The lowest BCUT2D eigenvalue weighted by molar-refractivity contribution is 0.306. The number of ether oxygens (including phenoxy) is 1. The lowest BCUT2D eigenvalue weighted by atomic mass is 10.2. The van der Waals surface area contributed by atoms with Gasteiger partial charge in [-0.05, 0) is 42.3 Å². The zero-order chi connectivity index (χ0) is 18.6. The minimum absolute atomic E-state index is 0.0307. The van der Waals surface area contributed by atoms with Crippen LogP contribution in [-0.2, 0) is 19.7 Å². The first-order chi connectivity index (χ1) is 13.3. The first kappa shape index (κ1) is 17.2. The summed E-state index contributed by atoms with van der Waals surface area (Å²) in [5.74, 6) is 0.825. The molecule has 0 amide bonds. The molecule has 1 heterocycles. The van der Waals surface area contributed by atoms with Crippen LogP contribution in [-0.4, -0.2) is 9.13 Å². The molecule has 0 aliphatic heterocycles. The van der Waals surface area contributed by atoms with E-state index in [-0.39, 0.29) is 5.69 Å². The van der Waals surface area contributed by atoms with Crippen molar-refractivity contribution in [1.82, 2.24) is 9.13 Å². The third-order valence-corrected chi connectivity index (χ3v) is 4.75. The van der Waals surface area contributed by atoms with Gasteiger partial charge in [-0.2, -0.15) is 0 Å². The zero-order valence-corrected chi connectivity index (χ0v) is 15.3. The first-order valence-corrected chi connectivity index (χ1v) is 9.20. The van der Waals surface area contributed by atoms with E-state index in [1.807, 2.05) is 94.9 Å². The molecule has 0 N–H and O–H groups in total. The minimum atomic E-state index is 0.0307. The van der Waals surface area contributed by atoms with Gasteiger partial charge in [-0.25, -0.2) is 4.79 Å². The molecule has 4 aromatic rings. The molecule has 136 valence electrons. The van der Waals surface area contributed by atoms with Gasteiger partial charge in [-0.3, -0.25) is 9.13 Å². The topological polar surface area (TPSA) is 36.2 Å². The van der Waals surface area contributed by atoms with Crippen LogP contribution in [0, 0.1) is 0 Å². The number of imidazole rings is 1. The van der Waals surface area contributed by atoms with Gasteiger partial charge in [0.1, 0.15) is 12.4 Å². The van der Waals surface area contributed by atoms with E-state index in [0.29, 0.717) is 19.7 Å². The Hall–Kier alpha value is -3.27. The number of aromatic nitrogens is 2. The normalized spacial score (nSPS) is 11.0. The van der Waals surface area contributed by atoms with E-state index in [4.69, 9.17) is 4.74 Å². The highest BCUT2D eigenvalue weighted by atomic mass is 16.5. The molecular formula is C23H22N2O2. The molecule has 0 saturated heterocycles. The van der Waals surface area contributed by atoms with Crippen molar-refractivity contribution in [2.45, 2.75) is 26.6 Å². The summed E-state index contributed by atoms with van der Waals surface area (Å²) in [6.45, 7) is 3.75. The summed E-state index contributed by atoms with van der Waals surface area (Å²) in [7, 11) is 0. The Morgan fingerprint density at radius 3 is 2.04 bits per heavy atom. The first-order valence-electron chi connectivity index (χ1n) is 9.20. The summed E-state index contributed by atoms with van der Waals surface area (Å²) in [5.41, 5.74) is 4.19. The van der Waals surface area contributed by atoms with Gasteiger partial charge in [0.2, 0.25) is 0 Å². The Balaban J connectivity index is 1.53. The molecule has 0 unspecified atom stereocenters. The fourth-order valence-corrected chi connectivity index (χ4v) is 3.35. The molecule has 0 atom stereocenters. The van der Waals surface area contributed by atoms with Crippen molar-refractivity contribution in [3.63, 3.8) is 0 Å². The van der Waals surface area contributed by atoms with E-state index in [1.165, 1.54) is 0 Å². The number of fused-ring (bicyclic) bond motifs is 1. The van der Waals surface area contributed by atoms with Crippen LogP contribution in [0.3, 0.4) is 0 Å². The molecule has 27 heavy (non-hydrogen) atoms. The predicted molar refractivity (Wildman–Crippen MR) is 108 cm³/mol. The van der Waals surface area contributed by atoms with Crippen LogP contribution >= 0.6 is 0 Å². The van der Waals surface area contributed by atoms with E-state index in [9.17, 15) is 4.79 Å². The van der Waals surface area contributed by atoms with E-state index in [2.05, 4.69) is 0 Å². The maximum Gasteiger partial charge on any atom is 0.329 e. The van der Waals surface area contributed by atoms with Gasteiger partial charge in [0.15, 0.2) is 0 Å². The van der Waals surface area contributed by atoms with Crippen LogP contribution in [0.15, 0.2) is 83.7 Å². The van der Waals surface area contributed by atoms with E-state index >= 15 is 0 Å². The lowest BCUT2D eigenvalue weighted by Gasteiger charge is -2.08. The molecule has 0 aliphatic rings. The summed E-state index contributed by atoms with van der Waals surface area (Å²) in [4.78, 5) is 12.8. The second kappa shape index (κ2) is 7.54. The van der Waals surface area contributed by atoms with Crippen molar-refractivity contribution in [3.05, 3.63) is 100 Å². The maximum atomic E-state index is 12.8. The Morgan fingerprint density at radius 1 is 0.741 bits per heavy atom. The Morgan fingerprint density at radius 2 is 1.37 bits per heavy atom. The number of hydrogen-bond acceptors (Lipinski definition) is 2. The van der Waals surface area contributed by atoms with Crippen molar-refractivity contribution in [1.29, 1.82) is 0 Å². The Bertz CT molecular complexity index is 1090. The molecule has 0 aliphatic carbocycles. The Labute approximate surface area is 158 Å². The predicted octanol–water partition coefficient (Wildman–Crippen LogP) is 4.45. The molecule has 0 radical (unpaired) electrons. The van der Waals surface area contributed by atoms with E-state index in [1.54, 1.807) is 0 Å². The number of rotatable bonds is 6. The van der Waals surface area contributed by atoms with Gasteiger partial charge < -0.3 is 4.74 Å². The van der Waals surface area contributed by atoms with E-state index < -0.39 is 0 Å². The van der Waals surface area contributed by atoms with Crippen molar-refractivity contribution >= 4 is 11.0 Å².